The second-order valence-electron chi connectivity index (χ2n) is 5.33. The van der Waals surface area contributed by atoms with Gasteiger partial charge in [0.25, 0.3) is 0 Å². The number of nitrogens with zero attached hydrogens (tertiary/aromatic N) is 3. The van der Waals surface area contributed by atoms with E-state index in [1.54, 1.807) is 6.07 Å². The molecule has 0 unspecified atom stereocenters. The average Bonchev–Trinajstić information content (AvgIpc) is 2.47. The van der Waals surface area contributed by atoms with Crippen LogP contribution in [0.1, 0.15) is 25.6 Å². The Morgan fingerprint density at radius 2 is 1.76 bits per heavy atom. The van der Waals surface area contributed by atoms with Crippen LogP contribution < -0.4 is 21.5 Å². The first-order chi connectivity index (χ1) is 10.0. The standard InChI is InChI=1S/C15H22N6/c1-10(2)15-18-13(9-14(19-15)20-16)17-11-7-5-6-8-12(11)21(3)4/h5-10H,16H2,1-4H3,(H2,17,18,19,20). The summed E-state index contributed by atoms with van der Waals surface area (Å²) < 4.78 is 0. The van der Waals surface area contributed by atoms with Crippen molar-refractivity contribution in [3.05, 3.63) is 36.2 Å². The minimum atomic E-state index is 0.225. The van der Waals surface area contributed by atoms with Crippen LogP contribution in [0.25, 0.3) is 0 Å². The number of hydrogen-bond donors (Lipinski definition) is 3. The van der Waals surface area contributed by atoms with Gasteiger partial charge in [0, 0.05) is 26.1 Å². The van der Waals surface area contributed by atoms with Crippen LogP contribution in [-0.2, 0) is 0 Å². The molecular formula is C15H22N6. The van der Waals surface area contributed by atoms with E-state index in [1.807, 2.05) is 46.1 Å². The Morgan fingerprint density at radius 1 is 1.10 bits per heavy atom. The van der Waals surface area contributed by atoms with Gasteiger partial charge < -0.3 is 15.6 Å². The van der Waals surface area contributed by atoms with Crippen molar-refractivity contribution in [1.82, 2.24) is 9.97 Å². The Labute approximate surface area is 125 Å². The van der Waals surface area contributed by atoms with E-state index in [0.29, 0.717) is 5.82 Å². The van der Waals surface area contributed by atoms with Crippen molar-refractivity contribution in [3.63, 3.8) is 0 Å². The first-order valence-corrected chi connectivity index (χ1v) is 6.90. The molecule has 2 aromatic rings. The number of nitrogen functional groups attached to an aromatic ring is 1. The summed E-state index contributed by atoms with van der Waals surface area (Å²) in [5, 5.41) is 3.34. The highest BCUT2D eigenvalue weighted by Crippen LogP contribution is 2.27. The smallest absolute Gasteiger partial charge is 0.145 e. The molecule has 112 valence electrons. The summed E-state index contributed by atoms with van der Waals surface area (Å²) in [4.78, 5) is 10.9. The number of rotatable bonds is 5. The number of nitrogens with one attached hydrogen (secondary N) is 2. The summed E-state index contributed by atoms with van der Waals surface area (Å²) in [5.74, 6) is 7.77. The minimum Gasteiger partial charge on any atom is -0.376 e. The first kappa shape index (κ1) is 15.1. The van der Waals surface area contributed by atoms with Gasteiger partial charge >= 0.3 is 0 Å². The number of hydrogen-bond acceptors (Lipinski definition) is 6. The maximum Gasteiger partial charge on any atom is 0.145 e. The lowest BCUT2D eigenvalue weighted by atomic mass is 10.2. The topological polar surface area (TPSA) is 79.1 Å². The van der Waals surface area contributed by atoms with E-state index in [4.69, 9.17) is 5.84 Å². The highest BCUT2D eigenvalue weighted by atomic mass is 15.3. The van der Waals surface area contributed by atoms with Crippen LogP contribution in [0, 0.1) is 0 Å². The molecule has 2 rings (SSSR count). The van der Waals surface area contributed by atoms with Crippen molar-refractivity contribution in [3.8, 4) is 0 Å². The van der Waals surface area contributed by atoms with Crippen molar-refractivity contribution in [2.45, 2.75) is 19.8 Å². The fourth-order valence-corrected chi connectivity index (χ4v) is 1.97. The van der Waals surface area contributed by atoms with Gasteiger partial charge in [-0.1, -0.05) is 26.0 Å². The summed E-state index contributed by atoms with van der Waals surface area (Å²) in [7, 11) is 4.01. The van der Waals surface area contributed by atoms with Gasteiger partial charge in [-0.25, -0.2) is 15.8 Å². The Balaban J connectivity index is 2.37. The Morgan fingerprint density at radius 3 is 2.38 bits per heavy atom. The molecule has 0 fully saturated rings. The Hall–Kier alpha value is -2.34. The monoisotopic (exact) mass is 286 g/mol. The van der Waals surface area contributed by atoms with Crippen LogP contribution in [0.2, 0.25) is 0 Å². The molecular weight excluding hydrogens is 264 g/mol. The lowest BCUT2D eigenvalue weighted by Crippen LogP contribution is -2.13. The molecule has 0 amide bonds. The number of anilines is 4. The van der Waals surface area contributed by atoms with Gasteiger partial charge in [0.05, 0.1) is 11.4 Å². The molecule has 1 aromatic carbocycles. The zero-order chi connectivity index (χ0) is 15.4. The lowest BCUT2D eigenvalue weighted by Gasteiger charge is -2.18. The SMILES string of the molecule is CC(C)c1nc(NN)cc(Nc2ccccc2N(C)C)n1. The molecule has 1 aromatic heterocycles. The molecule has 0 spiro atoms. The zero-order valence-electron chi connectivity index (χ0n) is 12.9. The third kappa shape index (κ3) is 3.61. The second kappa shape index (κ2) is 6.41. The molecule has 1 heterocycles. The van der Waals surface area contributed by atoms with Crippen LogP contribution in [-0.4, -0.2) is 24.1 Å². The highest BCUT2D eigenvalue weighted by molar-refractivity contribution is 5.74. The number of nitrogens with two attached hydrogens (primary N) is 1. The maximum atomic E-state index is 5.48. The predicted octanol–water partition coefficient (Wildman–Crippen LogP) is 2.70. The van der Waals surface area contributed by atoms with Gasteiger partial charge in [-0.15, -0.1) is 0 Å². The van der Waals surface area contributed by atoms with Crippen LogP contribution in [0.5, 0.6) is 0 Å². The van der Waals surface area contributed by atoms with Gasteiger partial charge in [-0.05, 0) is 12.1 Å². The maximum absolute atomic E-state index is 5.48. The number of para-hydroxylation sites is 2. The van der Waals surface area contributed by atoms with E-state index in [1.165, 1.54) is 0 Å². The molecule has 6 nitrogen and oxygen atoms in total. The van der Waals surface area contributed by atoms with Crippen molar-refractivity contribution in [2.75, 3.05) is 29.7 Å². The summed E-state index contributed by atoms with van der Waals surface area (Å²) in [5.41, 5.74) is 4.66. The first-order valence-electron chi connectivity index (χ1n) is 6.90. The van der Waals surface area contributed by atoms with Crippen molar-refractivity contribution >= 4 is 23.0 Å². The van der Waals surface area contributed by atoms with Gasteiger partial charge in [0.1, 0.15) is 17.5 Å². The van der Waals surface area contributed by atoms with Crippen LogP contribution in [0.15, 0.2) is 30.3 Å². The molecule has 21 heavy (non-hydrogen) atoms. The van der Waals surface area contributed by atoms with Gasteiger partial charge in [0.15, 0.2) is 0 Å². The van der Waals surface area contributed by atoms with Crippen molar-refractivity contribution < 1.29 is 0 Å². The molecule has 0 radical (unpaired) electrons. The fraction of sp³-hybridized carbons (Fsp3) is 0.333. The van der Waals surface area contributed by atoms with E-state index >= 15 is 0 Å². The number of aromatic nitrogens is 2. The van der Waals surface area contributed by atoms with Crippen LogP contribution in [0.3, 0.4) is 0 Å². The van der Waals surface area contributed by atoms with E-state index in [9.17, 15) is 0 Å². The third-order valence-corrected chi connectivity index (χ3v) is 3.06. The molecule has 0 aliphatic carbocycles. The number of hydrazine groups is 1. The van der Waals surface area contributed by atoms with Gasteiger partial charge in [0.2, 0.25) is 0 Å². The summed E-state index contributed by atoms with van der Waals surface area (Å²) in [6, 6.07) is 9.85. The van der Waals surface area contributed by atoms with E-state index in [2.05, 4.69) is 31.7 Å². The molecule has 0 saturated carbocycles. The Bertz CT molecular complexity index is 609. The lowest BCUT2D eigenvalue weighted by molar-refractivity contribution is 0.777. The predicted molar refractivity (Wildman–Crippen MR) is 88.0 cm³/mol. The Kier molecular flexibility index (Phi) is 4.59. The average molecular weight is 286 g/mol. The van der Waals surface area contributed by atoms with Gasteiger partial charge in [-0.3, -0.25) is 0 Å². The largest absolute Gasteiger partial charge is 0.376 e. The quantitative estimate of drug-likeness (QED) is 0.579. The molecule has 0 aliphatic heterocycles. The van der Waals surface area contributed by atoms with Crippen molar-refractivity contribution in [1.29, 1.82) is 0 Å². The summed E-state index contributed by atoms with van der Waals surface area (Å²) >= 11 is 0. The summed E-state index contributed by atoms with van der Waals surface area (Å²) in [6.45, 7) is 4.10. The minimum absolute atomic E-state index is 0.225. The number of benzene rings is 1. The van der Waals surface area contributed by atoms with Crippen LogP contribution >= 0.6 is 0 Å². The molecule has 6 heteroatoms. The molecule has 0 saturated heterocycles. The molecule has 0 aliphatic rings. The van der Waals surface area contributed by atoms with Crippen LogP contribution in [0.4, 0.5) is 23.0 Å². The molecule has 4 N–H and O–H groups in total. The van der Waals surface area contributed by atoms with E-state index < -0.39 is 0 Å². The normalized spacial score (nSPS) is 10.6. The van der Waals surface area contributed by atoms with Gasteiger partial charge in [-0.2, -0.15) is 0 Å². The fourth-order valence-electron chi connectivity index (χ4n) is 1.97. The van der Waals surface area contributed by atoms with Crippen molar-refractivity contribution in [2.24, 2.45) is 5.84 Å². The third-order valence-electron chi connectivity index (χ3n) is 3.06. The van der Waals surface area contributed by atoms with E-state index in [-0.39, 0.29) is 5.92 Å². The molecule has 0 atom stereocenters. The zero-order valence-corrected chi connectivity index (χ0v) is 12.9. The second-order valence-corrected chi connectivity index (χ2v) is 5.33. The van der Waals surface area contributed by atoms with E-state index in [0.717, 1.165) is 23.0 Å². The highest BCUT2D eigenvalue weighted by Gasteiger charge is 2.10. The molecule has 0 bridgehead atoms. The summed E-state index contributed by atoms with van der Waals surface area (Å²) in [6.07, 6.45) is 0.